The second-order valence-electron chi connectivity index (χ2n) is 5.61. The highest BCUT2D eigenvalue weighted by Gasteiger charge is 2.18. The Balaban J connectivity index is 1.98. The predicted molar refractivity (Wildman–Crippen MR) is 96.5 cm³/mol. The number of aromatic amines is 1. The van der Waals surface area contributed by atoms with Gasteiger partial charge in [-0.05, 0) is 30.7 Å². The van der Waals surface area contributed by atoms with Gasteiger partial charge in [-0.3, -0.25) is 4.79 Å². The normalized spacial score (nSPS) is 11.3. The Morgan fingerprint density at radius 1 is 1.17 bits per heavy atom. The molecule has 0 fully saturated rings. The number of amides is 1. The molecular weight excluding hydrogens is 298 g/mol. The van der Waals surface area contributed by atoms with Crippen LogP contribution in [-0.4, -0.2) is 17.9 Å². The number of aryl methyl sites for hydroxylation is 1. The molecule has 3 aromatic rings. The molecule has 0 atom stereocenters. The zero-order valence-electron chi connectivity index (χ0n) is 13.6. The number of anilines is 1. The summed E-state index contributed by atoms with van der Waals surface area (Å²) in [6.45, 7) is 1.94. The Hall–Kier alpha value is -3.32. The van der Waals surface area contributed by atoms with Crippen molar-refractivity contribution in [2.45, 2.75) is 6.92 Å². The molecule has 1 heterocycles. The number of rotatable bonds is 3. The lowest BCUT2D eigenvalue weighted by atomic mass is 10.1. The van der Waals surface area contributed by atoms with E-state index in [9.17, 15) is 10.1 Å². The summed E-state index contributed by atoms with van der Waals surface area (Å²) in [5.41, 5.74) is 3.68. The van der Waals surface area contributed by atoms with Gasteiger partial charge in [0.1, 0.15) is 11.6 Å². The molecule has 1 N–H and O–H groups in total. The molecule has 1 aromatic heterocycles. The zero-order valence-corrected chi connectivity index (χ0v) is 13.6. The van der Waals surface area contributed by atoms with Gasteiger partial charge in [0.05, 0.1) is 0 Å². The first kappa shape index (κ1) is 15.6. The van der Waals surface area contributed by atoms with Crippen LogP contribution < -0.4 is 4.90 Å². The Labute approximate surface area is 140 Å². The number of aromatic nitrogens is 1. The van der Waals surface area contributed by atoms with Gasteiger partial charge in [0.15, 0.2) is 0 Å². The zero-order chi connectivity index (χ0) is 17.1. The monoisotopic (exact) mass is 315 g/mol. The van der Waals surface area contributed by atoms with Crippen LogP contribution in [0.4, 0.5) is 5.69 Å². The maximum absolute atomic E-state index is 12.7. The average molecular weight is 315 g/mol. The first-order valence-electron chi connectivity index (χ1n) is 7.63. The van der Waals surface area contributed by atoms with E-state index >= 15 is 0 Å². The summed E-state index contributed by atoms with van der Waals surface area (Å²) >= 11 is 0. The third-order valence-corrected chi connectivity index (χ3v) is 4.05. The van der Waals surface area contributed by atoms with E-state index in [4.69, 9.17) is 0 Å². The molecule has 0 aliphatic rings. The smallest absolute Gasteiger partial charge is 0.268 e. The molecular formula is C20H17N3O. The van der Waals surface area contributed by atoms with Crippen molar-refractivity contribution in [1.29, 1.82) is 5.26 Å². The van der Waals surface area contributed by atoms with E-state index in [1.54, 1.807) is 13.1 Å². The summed E-state index contributed by atoms with van der Waals surface area (Å²) < 4.78 is 0. The summed E-state index contributed by atoms with van der Waals surface area (Å²) in [4.78, 5) is 17.4. The van der Waals surface area contributed by atoms with E-state index < -0.39 is 0 Å². The fourth-order valence-electron chi connectivity index (χ4n) is 2.74. The van der Waals surface area contributed by atoms with Gasteiger partial charge in [-0.15, -0.1) is 0 Å². The first-order chi connectivity index (χ1) is 11.6. The number of carbonyl (C=O) groups is 1. The topological polar surface area (TPSA) is 59.9 Å². The lowest BCUT2D eigenvalue weighted by Gasteiger charge is -2.18. The highest BCUT2D eigenvalue weighted by Crippen LogP contribution is 2.23. The average Bonchev–Trinajstić information content (AvgIpc) is 3.02. The Morgan fingerprint density at radius 2 is 1.88 bits per heavy atom. The van der Waals surface area contributed by atoms with Gasteiger partial charge in [-0.2, -0.15) is 5.26 Å². The molecule has 118 valence electrons. The molecule has 0 unspecified atom stereocenters. The van der Waals surface area contributed by atoms with Crippen molar-refractivity contribution in [3.8, 4) is 6.07 Å². The van der Waals surface area contributed by atoms with Crippen molar-refractivity contribution in [3.63, 3.8) is 0 Å². The highest BCUT2D eigenvalue weighted by atomic mass is 16.2. The molecule has 0 saturated carbocycles. The van der Waals surface area contributed by atoms with E-state index in [0.717, 1.165) is 27.7 Å². The van der Waals surface area contributed by atoms with E-state index in [0.29, 0.717) is 0 Å². The molecule has 0 spiro atoms. The molecule has 0 bridgehead atoms. The summed E-state index contributed by atoms with van der Waals surface area (Å²) in [5.74, 6) is -0.322. The number of para-hydroxylation sites is 2. The van der Waals surface area contributed by atoms with Crippen molar-refractivity contribution in [2.75, 3.05) is 11.9 Å². The van der Waals surface area contributed by atoms with Crippen molar-refractivity contribution < 1.29 is 4.79 Å². The third-order valence-electron chi connectivity index (χ3n) is 4.05. The summed E-state index contributed by atoms with van der Waals surface area (Å²) in [5, 5.41) is 10.4. The number of benzene rings is 2. The van der Waals surface area contributed by atoms with Crippen LogP contribution in [0.3, 0.4) is 0 Å². The molecule has 0 aliphatic carbocycles. The minimum Gasteiger partial charge on any atom is -0.361 e. The number of H-pyrrole nitrogens is 1. The Morgan fingerprint density at radius 3 is 2.62 bits per heavy atom. The van der Waals surface area contributed by atoms with Gasteiger partial charge in [-0.1, -0.05) is 36.4 Å². The van der Waals surface area contributed by atoms with Crippen LogP contribution in [0.5, 0.6) is 0 Å². The molecule has 3 rings (SSSR count). The van der Waals surface area contributed by atoms with Gasteiger partial charge >= 0.3 is 0 Å². The van der Waals surface area contributed by atoms with Gasteiger partial charge in [0, 0.05) is 35.4 Å². The number of nitrogens with one attached hydrogen (secondary N) is 1. The quantitative estimate of drug-likeness (QED) is 0.585. The summed E-state index contributed by atoms with van der Waals surface area (Å²) in [7, 11) is 1.69. The lowest BCUT2D eigenvalue weighted by Crippen LogP contribution is -2.27. The van der Waals surface area contributed by atoms with E-state index in [1.807, 2.05) is 67.7 Å². The Kier molecular flexibility index (Phi) is 4.17. The number of carbonyl (C=O) groups excluding carboxylic acids is 1. The molecule has 1 amide bonds. The van der Waals surface area contributed by atoms with Crippen LogP contribution in [-0.2, 0) is 4.79 Å². The molecule has 2 aromatic carbocycles. The number of hydrogen-bond donors (Lipinski definition) is 1. The minimum absolute atomic E-state index is 0.102. The van der Waals surface area contributed by atoms with Crippen molar-refractivity contribution in [1.82, 2.24) is 4.98 Å². The number of nitrogens with zero attached hydrogens (tertiary/aromatic N) is 2. The van der Waals surface area contributed by atoms with E-state index in [-0.39, 0.29) is 11.5 Å². The molecule has 4 heteroatoms. The fraction of sp³-hybridized carbons (Fsp3) is 0.100. The molecule has 0 aliphatic heterocycles. The fourth-order valence-corrected chi connectivity index (χ4v) is 2.74. The molecule has 0 saturated heterocycles. The second-order valence-corrected chi connectivity index (χ2v) is 5.61. The van der Waals surface area contributed by atoms with Crippen LogP contribution in [0, 0.1) is 18.3 Å². The summed E-state index contributed by atoms with van der Waals surface area (Å²) in [6, 6.07) is 17.4. The van der Waals surface area contributed by atoms with Gasteiger partial charge in [0.25, 0.3) is 5.91 Å². The van der Waals surface area contributed by atoms with E-state index in [1.165, 1.54) is 4.90 Å². The summed E-state index contributed by atoms with van der Waals surface area (Å²) in [6.07, 6.45) is 3.44. The SMILES string of the molecule is Cc1ccccc1N(C)C(=O)/C(C#N)=C/c1c[nH]c2ccccc12. The number of fused-ring (bicyclic) bond motifs is 1. The molecule has 4 nitrogen and oxygen atoms in total. The van der Waals surface area contributed by atoms with Gasteiger partial charge < -0.3 is 9.88 Å². The van der Waals surface area contributed by atoms with Crippen LogP contribution >= 0.6 is 0 Å². The first-order valence-corrected chi connectivity index (χ1v) is 7.63. The van der Waals surface area contributed by atoms with Crippen LogP contribution in [0.15, 0.2) is 60.3 Å². The highest BCUT2D eigenvalue weighted by molar-refractivity contribution is 6.12. The van der Waals surface area contributed by atoms with Gasteiger partial charge in [0.2, 0.25) is 0 Å². The number of hydrogen-bond acceptors (Lipinski definition) is 2. The maximum atomic E-state index is 12.7. The molecule has 24 heavy (non-hydrogen) atoms. The van der Waals surface area contributed by atoms with Crippen LogP contribution in [0.2, 0.25) is 0 Å². The van der Waals surface area contributed by atoms with Crippen LogP contribution in [0.25, 0.3) is 17.0 Å². The largest absolute Gasteiger partial charge is 0.361 e. The third kappa shape index (κ3) is 2.80. The van der Waals surface area contributed by atoms with Crippen molar-refractivity contribution in [3.05, 3.63) is 71.4 Å². The lowest BCUT2D eigenvalue weighted by molar-refractivity contribution is -0.114. The van der Waals surface area contributed by atoms with Crippen molar-refractivity contribution in [2.24, 2.45) is 0 Å². The maximum Gasteiger partial charge on any atom is 0.268 e. The van der Waals surface area contributed by atoms with Crippen LogP contribution in [0.1, 0.15) is 11.1 Å². The van der Waals surface area contributed by atoms with E-state index in [2.05, 4.69) is 4.98 Å². The van der Waals surface area contributed by atoms with Gasteiger partial charge in [-0.25, -0.2) is 0 Å². The number of nitriles is 1. The predicted octanol–water partition coefficient (Wildman–Crippen LogP) is 4.05. The van der Waals surface area contributed by atoms with Crippen molar-refractivity contribution >= 4 is 28.6 Å². The second kappa shape index (κ2) is 6.43. The Bertz CT molecular complexity index is 976. The standard InChI is InChI=1S/C20H17N3O/c1-14-7-3-6-10-19(14)23(2)20(24)15(12-21)11-16-13-22-18-9-5-4-8-17(16)18/h3-11,13,22H,1-2H3/b15-11+. The number of likely N-dealkylation sites (N-methyl/N-ethyl adjacent to an activating group) is 1. The molecule has 0 radical (unpaired) electrons. The minimum atomic E-state index is -0.322.